The second-order valence-electron chi connectivity index (χ2n) is 5.18. The third-order valence-corrected chi connectivity index (χ3v) is 3.69. The average molecular weight is 261 g/mol. The van der Waals surface area contributed by atoms with Crippen LogP contribution in [0.25, 0.3) is 0 Å². The fraction of sp³-hybridized carbons (Fsp3) is 0.467. The smallest absolute Gasteiger partial charge is 0.303 e. The predicted octanol–water partition coefficient (Wildman–Crippen LogP) is 2.19. The van der Waals surface area contributed by atoms with Gasteiger partial charge < -0.3 is 5.11 Å². The zero-order valence-corrected chi connectivity index (χ0v) is 10.9. The number of hydrogen-bond acceptors (Lipinski definition) is 3. The molecule has 1 fully saturated rings. The molecule has 102 valence electrons. The van der Waals surface area contributed by atoms with Gasteiger partial charge in [-0.25, -0.2) is 0 Å². The second kappa shape index (κ2) is 6.48. The van der Waals surface area contributed by atoms with E-state index in [9.17, 15) is 9.59 Å². The maximum atomic E-state index is 10.7. The van der Waals surface area contributed by atoms with Crippen molar-refractivity contribution in [1.82, 2.24) is 4.90 Å². The normalized spacial score (nSPS) is 17.3. The van der Waals surface area contributed by atoms with E-state index < -0.39 is 5.97 Å². The summed E-state index contributed by atoms with van der Waals surface area (Å²) < 4.78 is 0. The molecule has 0 radical (unpaired) electrons. The van der Waals surface area contributed by atoms with Crippen molar-refractivity contribution in [2.24, 2.45) is 5.92 Å². The molecule has 0 amide bonds. The molecule has 0 bridgehead atoms. The van der Waals surface area contributed by atoms with Crippen LogP contribution in [0.3, 0.4) is 0 Å². The lowest BCUT2D eigenvalue weighted by Gasteiger charge is -2.31. The first-order valence-corrected chi connectivity index (χ1v) is 6.65. The molecule has 0 aliphatic carbocycles. The number of nitrogens with zero attached hydrogens (tertiary/aromatic N) is 1. The van der Waals surface area contributed by atoms with Crippen LogP contribution in [0.2, 0.25) is 0 Å². The monoisotopic (exact) mass is 261 g/mol. The number of rotatable bonds is 5. The SMILES string of the molecule is O=Cc1ccc(CN2CCC(CC(=O)O)CC2)cc1. The van der Waals surface area contributed by atoms with Crippen molar-refractivity contribution in [3.8, 4) is 0 Å². The van der Waals surface area contributed by atoms with Crippen LogP contribution in [0.1, 0.15) is 35.2 Å². The van der Waals surface area contributed by atoms with Crippen LogP contribution in [-0.2, 0) is 11.3 Å². The van der Waals surface area contributed by atoms with Gasteiger partial charge in [-0.2, -0.15) is 0 Å². The number of carboxylic acids is 1. The minimum atomic E-state index is -0.692. The Morgan fingerprint density at radius 2 is 1.89 bits per heavy atom. The first-order valence-electron chi connectivity index (χ1n) is 6.65. The number of hydrogen-bond donors (Lipinski definition) is 1. The molecule has 1 aromatic carbocycles. The van der Waals surface area contributed by atoms with Gasteiger partial charge in [-0.3, -0.25) is 14.5 Å². The van der Waals surface area contributed by atoms with E-state index in [-0.39, 0.29) is 0 Å². The predicted molar refractivity (Wildman–Crippen MR) is 72.1 cm³/mol. The minimum Gasteiger partial charge on any atom is -0.481 e. The van der Waals surface area contributed by atoms with Gasteiger partial charge >= 0.3 is 5.97 Å². The standard InChI is InChI=1S/C15H19NO3/c17-11-14-3-1-13(2-4-14)10-16-7-5-12(6-8-16)9-15(18)19/h1-4,11-12H,5-10H2,(H,18,19). The molecule has 4 heteroatoms. The number of carbonyl (C=O) groups is 2. The third kappa shape index (κ3) is 4.17. The van der Waals surface area contributed by atoms with Crippen LogP contribution in [0.4, 0.5) is 0 Å². The molecule has 0 unspecified atom stereocenters. The van der Waals surface area contributed by atoms with Crippen molar-refractivity contribution in [3.63, 3.8) is 0 Å². The summed E-state index contributed by atoms with van der Waals surface area (Å²) in [5, 5.41) is 8.77. The summed E-state index contributed by atoms with van der Waals surface area (Å²) in [4.78, 5) is 23.6. The van der Waals surface area contributed by atoms with Crippen molar-refractivity contribution in [1.29, 1.82) is 0 Å². The zero-order chi connectivity index (χ0) is 13.7. The summed E-state index contributed by atoms with van der Waals surface area (Å²) in [7, 11) is 0. The molecule has 2 rings (SSSR count). The largest absolute Gasteiger partial charge is 0.481 e. The fourth-order valence-electron chi connectivity index (χ4n) is 2.56. The molecular formula is C15H19NO3. The fourth-order valence-corrected chi connectivity index (χ4v) is 2.56. The summed E-state index contributed by atoms with van der Waals surface area (Å²) in [6.45, 7) is 2.78. The maximum Gasteiger partial charge on any atom is 0.303 e. The highest BCUT2D eigenvalue weighted by Gasteiger charge is 2.21. The number of carboxylic acid groups (broad SMARTS) is 1. The highest BCUT2D eigenvalue weighted by atomic mass is 16.4. The van der Waals surface area contributed by atoms with Gasteiger partial charge in [0.05, 0.1) is 0 Å². The Labute approximate surface area is 113 Å². The molecule has 1 aromatic rings. The lowest BCUT2D eigenvalue weighted by Crippen LogP contribution is -2.33. The molecule has 1 aliphatic rings. The highest BCUT2D eigenvalue weighted by molar-refractivity contribution is 5.74. The number of piperidine rings is 1. The number of benzene rings is 1. The van der Waals surface area contributed by atoms with Gasteiger partial charge in [-0.15, -0.1) is 0 Å². The Hall–Kier alpha value is -1.68. The van der Waals surface area contributed by atoms with Crippen LogP contribution < -0.4 is 0 Å². The molecule has 1 aliphatic heterocycles. The summed E-state index contributed by atoms with van der Waals surface area (Å²) in [6, 6.07) is 7.62. The Balaban J connectivity index is 1.81. The van der Waals surface area contributed by atoms with E-state index in [0.29, 0.717) is 17.9 Å². The maximum absolute atomic E-state index is 10.7. The number of likely N-dealkylation sites (tertiary alicyclic amines) is 1. The van der Waals surface area contributed by atoms with Gasteiger partial charge in [0.25, 0.3) is 0 Å². The molecule has 1 saturated heterocycles. The van der Waals surface area contributed by atoms with Gasteiger partial charge in [-0.05, 0) is 37.4 Å². The van der Waals surface area contributed by atoms with Crippen molar-refractivity contribution in [2.75, 3.05) is 13.1 Å². The Kier molecular flexibility index (Phi) is 4.68. The average Bonchev–Trinajstić information content (AvgIpc) is 2.41. The highest BCUT2D eigenvalue weighted by Crippen LogP contribution is 2.21. The summed E-state index contributed by atoms with van der Waals surface area (Å²) in [5.41, 5.74) is 1.89. The number of carbonyl (C=O) groups excluding carboxylic acids is 1. The summed E-state index contributed by atoms with van der Waals surface area (Å²) >= 11 is 0. The van der Waals surface area contributed by atoms with E-state index in [1.54, 1.807) is 0 Å². The van der Waals surface area contributed by atoms with Crippen molar-refractivity contribution in [2.45, 2.75) is 25.8 Å². The van der Waals surface area contributed by atoms with Crippen LogP contribution in [-0.4, -0.2) is 35.4 Å². The van der Waals surface area contributed by atoms with Gasteiger partial charge in [-0.1, -0.05) is 24.3 Å². The summed E-state index contributed by atoms with van der Waals surface area (Å²) in [5.74, 6) is -0.367. The lowest BCUT2D eigenvalue weighted by molar-refractivity contribution is -0.138. The number of aldehydes is 1. The molecule has 0 atom stereocenters. The topological polar surface area (TPSA) is 57.6 Å². The van der Waals surface area contributed by atoms with E-state index in [1.165, 1.54) is 5.56 Å². The van der Waals surface area contributed by atoms with Gasteiger partial charge in [0.1, 0.15) is 6.29 Å². The van der Waals surface area contributed by atoms with E-state index in [2.05, 4.69) is 4.90 Å². The van der Waals surface area contributed by atoms with E-state index >= 15 is 0 Å². The third-order valence-electron chi connectivity index (χ3n) is 3.69. The van der Waals surface area contributed by atoms with Crippen molar-refractivity contribution >= 4 is 12.3 Å². The minimum absolute atomic E-state index is 0.294. The van der Waals surface area contributed by atoms with Gasteiger partial charge in [0, 0.05) is 18.5 Å². The Morgan fingerprint density at radius 3 is 2.42 bits per heavy atom. The molecular weight excluding hydrogens is 242 g/mol. The van der Waals surface area contributed by atoms with E-state index in [1.807, 2.05) is 24.3 Å². The Bertz CT molecular complexity index is 433. The van der Waals surface area contributed by atoms with E-state index in [0.717, 1.165) is 38.8 Å². The molecule has 0 spiro atoms. The van der Waals surface area contributed by atoms with Crippen molar-refractivity contribution < 1.29 is 14.7 Å². The first kappa shape index (κ1) is 13.7. The molecule has 0 saturated carbocycles. The molecule has 4 nitrogen and oxygen atoms in total. The van der Waals surface area contributed by atoms with Crippen molar-refractivity contribution in [3.05, 3.63) is 35.4 Å². The molecule has 0 aromatic heterocycles. The quantitative estimate of drug-likeness (QED) is 0.825. The molecule has 1 N–H and O–H groups in total. The second-order valence-corrected chi connectivity index (χ2v) is 5.18. The number of aliphatic carboxylic acids is 1. The molecule has 1 heterocycles. The van der Waals surface area contributed by atoms with Crippen LogP contribution in [0, 0.1) is 5.92 Å². The van der Waals surface area contributed by atoms with Crippen LogP contribution in [0.5, 0.6) is 0 Å². The van der Waals surface area contributed by atoms with Crippen LogP contribution in [0.15, 0.2) is 24.3 Å². The molecule has 19 heavy (non-hydrogen) atoms. The summed E-state index contributed by atoms with van der Waals surface area (Å²) in [6.07, 6.45) is 3.06. The Morgan fingerprint density at radius 1 is 1.26 bits per heavy atom. The van der Waals surface area contributed by atoms with Crippen LogP contribution >= 0.6 is 0 Å². The zero-order valence-electron chi connectivity index (χ0n) is 10.9. The lowest BCUT2D eigenvalue weighted by atomic mass is 9.93. The van der Waals surface area contributed by atoms with Gasteiger partial charge in [0.2, 0.25) is 0 Å². The van der Waals surface area contributed by atoms with E-state index in [4.69, 9.17) is 5.11 Å². The first-order chi connectivity index (χ1) is 9.17. The van der Waals surface area contributed by atoms with Gasteiger partial charge in [0.15, 0.2) is 0 Å².